The van der Waals surface area contributed by atoms with Crippen LogP contribution in [-0.4, -0.2) is 64.2 Å². The Morgan fingerprint density at radius 1 is 1.21 bits per heavy atom. The first kappa shape index (κ1) is 25.4. The molecule has 1 amide bonds. The molecule has 4 aliphatic rings. The molecule has 2 aromatic carbocycles. The van der Waals surface area contributed by atoms with Crippen molar-refractivity contribution in [2.75, 3.05) is 12.3 Å². The summed E-state index contributed by atoms with van der Waals surface area (Å²) in [4.78, 5) is 21.5. The first-order chi connectivity index (χ1) is 15.8. The quantitative estimate of drug-likeness (QED) is 0.138. The van der Waals surface area contributed by atoms with E-state index in [-0.39, 0.29) is 71.7 Å². The number of hydrogen-bond acceptors (Lipinski definition) is 5. The van der Waals surface area contributed by atoms with Gasteiger partial charge in [0.05, 0.1) is 11.3 Å². The van der Waals surface area contributed by atoms with Crippen LogP contribution in [0.25, 0.3) is 0 Å². The number of thiocarbonyl (C=S) groups is 1. The smallest absolute Gasteiger partial charge is 1.00 e. The SMILES string of the molecule is CCN1C(=S)[N+]2(c3ccccc3)C(=O)C1C2C=[N+]1Oc2ccccc2C1CCCS(=O)(=O)O.[H-].[Na+]. The molecule has 0 aromatic heterocycles. The first-order valence-electron chi connectivity index (χ1n) is 10.9. The van der Waals surface area contributed by atoms with Crippen molar-refractivity contribution in [1.29, 1.82) is 0 Å². The number of hydroxylamine groups is 1. The van der Waals surface area contributed by atoms with E-state index in [0.717, 1.165) is 11.3 Å². The Balaban J connectivity index is 0.00000171. The van der Waals surface area contributed by atoms with E-state index in [1.807, 2.05) is 72.6 Å². The van der Waals surface area contributed by atoms with E-state index in [4.69, 9.17) is 21.6 Å². The van der Waals surface area contributed by atoms with Crippen molar-refractivity contribution in [3.63, 3.8) is 0 Å². The van der Waals surface area contributed by atoms with Crippen molar-refractivity contribution in [2.24, 2.45) is 0 Å². The first-order valence-corrected chi connectivity index (χ1v) is 13.0. The van der Waals surface area contributed by atoms with E-state index in [1.165, 1.54) is 0 Å². The summed E-state index contributed by atoms with van der Waals surface area (Å²) in [5.41, 5.74) is 1.76. The number of fused-ring (bicyclic) bond motifs is 2. The topological polar surface area (TPSA) is 86.9 Å². The Morgan fingerprint density at radius 2 is 1.88 bits per heavy atom. The minimum Gasteiger partial charge on any atom is -1.00 e. The van der Waals surface area contributed by atoms with Crippen molar-refractivity contribution in [3.8, 4) is 5.75 Å². The number of nitrogens with zero attached hydrogens (tertiary/aromatic N) is 3. The van der Waals surface area contributed by atoms with Gasteiger partial charge in [0.2, 0.25) is 23.9 Å². The van der Waals surface area contributed by atoms with E-state index < -0.39 is 10.1 Å². The van der Waals surface area contributed by atoms with Gasteiger partial charge in [-0.05, 0) is 30.2 Å². The summed E-state index contributed by atoms with van der Waals surface area (Å²) in [5, 5.41) is 0.583. The number of likely N-dealkylation sites (N-methyl/N-ethyl adjacent to an activating group) is 1. The average Bonchev–Trinajstić information content (AvgIpc) is 3.35. The Morgan fingerprint density at radius 3 is 2.56 bits per heavy atom. The van der Waals surface area contributed by atoms with Gasteiger partial charge >= 0.3 is 35.5 Å². The van der Waals surface area contributed by atoms with Crippen molar-refractivity contribution in [1.82, 2.24) is 9.38 Å². The molecule has 4 aliphatic heterocycles. The van der Waals surface area contributed by atoms with E-state index in [0.29, 0.717) is 23.8 Å². The molecule has 0 saturated carbocycles. The molecular weight excluding hydrogens is 485 g/mol. The fraction of sp³-hybridized carbons (Fsp3) is 0.348. The molecule has 6 rings (SSSR count). The molecule has 0 aliphatic carbocycles. The summed E-state index contributed by atoms with van der Waals surface area (Å²) in [7, 11) is -4.05. The summed E-state index contributed by atoms with van der Waals surface area (Å²) in [6.07, 6.45) is 2.67. The zero-order valence-corrected chi connectivity index (χ0v) is 22.7. The summed E-state index contributed by atoms with van der Waals surface area (Å²) < 4.78 is 33.3. The second-order valence-electron chi connectivity index (χ2n) is 8.48. The van der Waals surface area contributed by atoms with Gasteiger partial charge in [-0.1, -0.05) is 30.3 Å². The fourth-order valence-corrected chi connectivity index (χ4v) is 6.35. The van der Waals surface area contributed by atoms with E-state index >= 15 is 0 Å². The molecule has 8 nitrogen and oxygen atoms in total. The number of quaternary nitrogens is 1. The third kappa shape index (κ3) is 3.85. The molecule has 0 radical (unpaired) electrons. The van der Waals surface area contributed by atoms with E-state index in [9.17, 15) is 13.2 Å². The number of benzene rings is 2. The van der Waals surface area contributed by atoms with Gasteiger partial charge < -0.3 is 1.43 Å². The molecule has 4 atom stereocenters. The molecule has 11 heteroatoms. The maximum Gasteiger partial charge on any atom is 1.00 e. The summed E-state index contributed by atoms with van der Waals surface area (Å²) in [6.45, 7) is 2.62. The maximum atomic E-state index is 13.4. The number of rotatable bonds is 7. The molecule has 34 heavy (non-hydrogen) atoms. The van der Waals surface area contributed by atoms with Gasteiger partial charge in [0.25, 0.3) is 21.4 Å². The van der Waals surface area contributed by atoms with Crippen LogP contribution in [-0.2, 0) is 14.9 Å². The maximum absolute atomic E-state index is 13.4. The van der Waals surface area contributed by atoms with Gasteiger partial charge in [-0.15, -0.1) is 0 Å². The van der Waals surface area contributed by atoms with E-state index in [1.54, 1.807) is 4.74 Å². The Labute approximate surface area is 227 Å². The minimum atomic E-state index is -4.05. The monoisotopic (exact) mass is 511 g/mol. The molecule has 3 fully saturated rings. The largest absolute Gasteiger partial charge is 1.00 e. The number of amides is 1. The minimum absolute atomic E-state index is 0. The molecule has 0 spiro atoms. The van der Waals surface area contributed by atoms with Crippen LogP contribution >= 0.6 is 12.2 Å². The average molecular weight is 512 g/mol. The number of para-hydroxylation sites is 2. The zero-order valence-electron chi connectivity index (χ0n) is 20.1. The van der Waals surface area contributed by atoms with Crippen LogP contribution in [0.5, 0.6) is 5.75 Å². The van der Waals surface area contributed by atoms with Gasteiger partial charge in [-0.25, -0.2) is 9.63 Å². The van der Waals surface area contributed by atoms with Crippen LogP contribution in [0.1, 0.15) is 32.8 Å². The van der Waals surface area contributed by atoms with E-state index in [2.05, 4.69) is 0 Å². The van der Waals surface area contributed by atoms with Crippen molar-refractivity contribution in [3.05, 3.63) is 60.2 Å². The summed E-state index contributed by atoms with van der Waals surface area (Å²) >= 11 is 5.81. The molecule has 174 valence electrons. The summed E-state index contributed by atoms with van der Waals surface area (Å²) in [5.74, 6) is 0.426. The summed E-state index contributed by atoms with van der Waals surface area (Å²) in [6, 6.07) is 16.3. The molecule has 3 saturated heterocycles. The predicted molar refractivity (Wildman–Crippen MR) is 129 cm³/mol. The van der Waals surface area contributed by atoms with Crippen LogP contribution in [0.4, 0.5) is 5.69 Å². The molecule has 2 bridgehead atoms. The number of β-lactam (4-membered cyclic amide) rings is 1. The van der Waals surface area contributed by atoms with Crippen LogP contribution < -0.4 is 38.9 Å². The standard InChI is InChI=1S/C23H24N3O5S2.Na.H/c1-2-24-21-19(26(22(21)27,23(24)32)16-9-4-3-5-10-16)15-25-18(12-8-14-33(28,29)30)17-11-6-7-13-20(17)31-25;;/h3-7,9-11,13,15,18-19,21H,2,8,12,14H2,1H3;;/q2*+1;-1/p+1. The van der Waals surface area contributed by atoms with Crippen molar-refractivity contribution < 1.29 is 58.3 Å². The normalized spacial score (nSPS) is 28.4. The van der Waals surface area contributed by atoms with Gasteiger partial charge in [0.1, 0.15) is 5.69 Å². The Kier molecular flexibility index (Phi) is 7.05. The van der Waals surface area contributed by atoms with Crippen molar-refractivity contribution in [2.45, 2.75) is 37.9 Å². The second-order valence-corrected chi connectivity index (χ2v) is 10.4. The number of carbonyl (C=O) groups excluding carboxylic acids is 1. The Bertz CT molecular complexity index is 1280. The molecule has 4 heterocycles. The van der Waals surface area contributed by atoms with Crippen molar-refractivity contribution >= 4 is 45.3 Å². The third-order valence-electron chi connectivity index (χ3n) is 6.73. The van der Waals surface area contributed by atoms with Gasteiger partial charge in [0, 0.05) is 37.3 Å². The zero-order chi connectivity index (χ0) is 23.4. The Hall–Kier alpha value is -1.66. The molecule has 4 unspecified atom stereocenters. The van der Waals surface area contributed by atoms with Crippen LogP contribution in [0, 0.1) is 0 Å². The molecular formula is C23H26N3NaO5S2+2. The van der Waals surface area contributed by atoms with Crippen LogP contribution in [0.15, 0.2) is 54.6 Å². The number of hydrogen-bond donors (Lipinski definition) is 1. The molecule has 1 N–H and O–H groups in total. The van der Waals surface area contributed by atoms with Gasteiger partial charge in [-0.3, -0.25) is 9.45 Å². The third-order valence-corrected chi connectivity index (χ3v) is 8.05. The predicted octanol–water partition coefficient (Wildman–Crippen LogP) is -0.192. The molecule has 2 aromatic rings. The van der Waals surface area contributed by atoms with Gasteiger partial charge in [0.15, 0.2) is 0 Å². The second kappa shape index (κ2) is 9.42. The van der Waals surface area contributed by atoms with Crippen LogP contribution in [0.2, 0.25) is 0 Å². The van der Waals surface area contributed by atoms with Crippen LogP contribution in [0.3, 0.4) is 0 Å². The van der Waals surface area contributed by atoms with Gasteiger partial charge in [-0.2, -0.15) is 12.9 Å². The fourth-order valence-electron chi connectivity index (χ4n) is 5.26. The number of carbonyl (C=O) groups is 1.